The van der Waals surface area contributed by atoms with Crippen LogP contribution in [-0.4, -0.2) is 82.7 Å². The summed E-state index contributed by atoms with van der Waals surface area (Å²) in [7, 11) is -3.98. The second-order valence-electron chi connectivity index (χ2n) is 13.0. The number of hydrogen-bond donors (Lipinski definition) is 4. The van der Waals surface area contributed by atoms with Gasteiger partial charge in [-0.25, -0.2) is 13.6 Å². The SMILES string of the molecule is NS(=O)(=O)c1ccc(NCC#Cc2sc3c(NC4CCC(N5CC6(CCOCC6)C5)CC4)cccc3c2CC(F)(F)F)c(OCCO)c1. The molecular weight excluding hydrogens is 666 g/mol. The predicted molar refractivity (Wildman–Crippen MR) is 181 cm³/mol. The Morgan fingerprint density at radius 1 is 1.10 bits per heavy atom. The van der Waals surface area contributed by atoms with E-state index in [0.29, 0.717) is 27.4 Å². The summed E-state index contributed by atoms with van der Waals surface area (Å²) < 4.78 is 76.6. The second-order valence-corrected chi connectivity index (χ2v) is 15.6. The zero-order valence-electron chi connectivity index (χ0n) is 26.6. The molecule has 2 aromatic carbocycles. The van der Waals surface area contributed by atoms with Crippen LogP contribution in [0.4, 0.5) is 24.5 Å². The van der Waals surface area contributed by atoms with Crippen molar-refractivity contribution in [2.75, 3.05) is 56.7 Å². The maximum atomic E-state index is 13.8. The standard InChI is InChI=1S/C34H41F3N4O5S2/c35-34(36,37)20-27-26-3-1-4-29(40-23-6-8-24(9-7-23)41-21-33(22-41)12-16-45-17-13-33)32(26)47-31(27)5-2-14-39-28-11-10-25(48(38,43)44)19-30(28)46-18-15-42/h1,3-4,10-11,19,23-24,39-40,42H,6-9,12-18,20-22H2,(H2,38,43,44). The molecule has 0 bridgehead atoms. The summed E-state index contributed by atoms with van der Waals surface area (Å²) in [5.74, 6) is 6.01. The number of nitrogens with one attached hydrogen (secondary N) is 2. The molecule has 260 valence electrons. The molecule has 3 aliphatic rings. The first kappa shape index (κ1) is 34.8. The number of primary sulfonamides is 1. The molecule has 3 fully saturated rings. The zero-order valence-corrected chi connectivity index (χ0v) is 28.2. The number of alkyl halides is 3. The van der Waals surface area contributed by atoms with E-state index in [1.54, 1.807) is 12.1 Å². The molecule has 0 atom stereocenters. The number of likely N-dealkylation sites (tertiary alicyclic amines) is 1. The molecule has 2 aliphatic heterocycles. The van der Waals surface area contributed by atoms with Crippen molar-refractivity contribution >= 4 is 42.8 Å². The van der Waals surface area contributed by atoms with Crippen LogP contribution in [0.25, 0.3) is 10.1 Å². The number of aliphatic hydroxyl groups excluding tert-OH is 1. The van der Waals surface area contributed by atoms with Crippen molar-refractivity contribution in [2.24, 2.45) is 10.6 Å². The Balaban J connectivity index is 1.14. The molecule has 1 saturated carbocycles. The lowest BCUT2D eigenvalue weighted by molar-refractivity contribution is -0.126. The van der Waals surface area contributed by atoms with Crippen LogP contribution in [-0.2, 0) is 21.2 Å². The van der Waals surface area contributed by atoms with Gasteiger partial charge in [0.1, 0.15) is 12.4 Å². The average molecular weight is 707 g/mol. The van der Waals surface area contributed by atoms with E-state index in [4.69, 9.17) is 19.7 Å². The first-order chi connectivity index (χ1) is 22.9. The van der Waals surface area contributed by atoms with Gasteiger partial charge in [0.15, 0.2) is 0 Å². The molecule has 0 amide bonds. The van der Waals surface area contributed by atoms with Crippen LogP contribution < -0.4 is 20.5 Å². The van der Waals surface area contributed by atoms with E-state index in [0.717, 1.165) is 62.1 Å². The van der Waals surface area contributed by atoms with E-state index in [-0.39, 0.29) is 42.0 Å². The highest BCUT2D eigenvalue weighted by atomic mass is 32.2. The van der Waals surface area contributed by atoms with Gasteiger partial charge in [-0.1, -0.05) is 24.0 Å². The molecule has 1 spiro atoms. The minimum Gasteiger partial charge on any atom is -0.489 e. The Morgan fingerprint density at radius 2 is 1.85 bits per heavy atom. The van der Waals surface area contributed by atoms with Gasteiger partial charge in [0.2, 0.25) is 10.0 Å². The van der Waals surface area contributed by atoms with Crippen molar-refractivity contribution in [2.45, 2.75) is 68.1 Å². The fraction of sp³-hybridized carbons (Fsp3) is 0.529. The van der Waals surface area contributed by atoms with Crippen molar-refractivity contribution in [3.8, 4) is 17.6 Å². The molecule has 3 aromatic rings. The third kappa shape index (κ3) is 8.21. The van der Waals surface area contributed by atoms with E-state index in [9.17, 15) is 21.6 Å². The number of nitrogens with zero attached hydrogens (tertiary/aromatic N) is 1. The van der Waals surface area contributed by atoms with E-state index in [1.807, 2.05) is 6.07 Å². The molecule has 14 heteroatoms. The Hall–Kier alpha value is -3.06. The van der Waals surface area contributed by atoms with Crippen LogP contribution >= 0.6 is 11.3 Å². The van der Waals surface area contributed by atoms with E-state index in [1.165, 1.54) is 42.6 Å². The summed E-state index contributed by atoms with van der Waals surface area (Å²) in [6.45, 7) is 3.75. The maximum absolute atomic E-state index is 13.8. The molecule has 1 aromatic heterocycles. The lowest BCUT2D eigenvalue weighted by Gasteiger charge is -2.56. The number of halogens is 3. The third-order valence-electron chi connectivity index (χ3n) is 9.60. The van der Waals surface area contributed by atoms with Crippen LogP contribution in [0.3, 0.4) is 0 Å². The normalized spacial score (nSPS) is 21.4. The first-order valence-electron chi connectivity index (χ1n) is 16.3. The van der Waals surface area contributed by atoms with Gasteiger partial charge < -0.3 is 25.2 Å². The molecule has 3 heterocycles. The summed E-state index contributed by atoms with van der Waals surface area (Å²) in [5.41, 5.74) is 1.84. The number of benzene rings is 2. The fourth-order valence-corrected chi connectivity index (χ4v) is 8.82. The summed E-state index contributed by atoms with van der Waals surface area (Å²) in [4.78, 5) is 2.82. The molecule has 0 unspecified atom stereocenters. The number of nitrogens with two attached hydrogens (primary N) is 1. The van der Waals surface area contributed by atoms with Gasteiger partial charge in [0, 0.05) is 49.9 Å². The summed E-state index contributed by atoms with van der Waals surface area (Å²) in [5, 5.41) is 21.6. The largest absolute Gasteiger partial charge is 0.489 e. The van der Waals surface area contributed by atoms with Crippen molar-refractivity contribution < 1.29 is 36.2 Å². The van der Waals surface area contributed by atoms with Gasteiger partial charge in [-0.3, -0.25) is 4.90 Å². The van der Waals surface area contributed by atoms with Gasteiger partial charge in [0.05, 0.1) is 45.4 Å². The number of sulfonamides is 1. The molecule has 1 aliphatic carbocycles. The molecule has 6 rings (SSSR count). The maximum Gasteiger partial charge on any atom is 0.393 e. The highest BCUT2D eigenvalue weighted by Crippen LogP contribution is 2.44. The lowest BCUT2D eigenvalue weighted by Crippen LogP contribution is -2.62. The van der Waals surface area contributed by atoms with Gasteiger partial charge in [0.25, 0.3) is 0 Å². The monoisotopic (exact) mass is 706 g/mol. The van der Waals surface area contributed by atoms with Crippen molar-refractivity contribution in [3.63, 3.8) is 0 Å². The van der Waals surface area contributed by atoms with E-state index >= 15 is 0 Å². The fourth-order valence-electron chi connectivity index (χ4n) is 7.13. The number of hydrogen-bond acceptors (Lipinski definition) is 9. The molecule has 9 nitrogen and oxygen atoms in total. The van der Waals surface area contributed by atoms with Crippen molar-refractivity contribution in [1.82, 2.24) is 4.90 Å². The van der Waals surface area contributed by atoms with Crippen LogP contribution in [0.1, 0.15) is 49.0 Å². The highest BCUT2D eigenvalue weighted by molar-refractivity contribution is 7.89. The number of aliphatic hydroxyl groups is 1. The van der Waals surface area contributed by atoms with Crippen LogP contribution in [0.5, 0.6) is 5.75 Å². The smallest absolute Gasteiger partial charge is 0.393 e. The summed E-state index contributed by atoms with van der Waals surface area (Å²) in [6.07, 6.45) is 1.04. The summed E-state index contributed by atoms with van der Waals surface area (Å²) >= 11 is 1.26. The minimum absolute atomic E-state index is 0.0458. The highest BCUT2D eigenvalue weighted by Gasteiger charge is 2.46. The van der Waals surface area contributed by atoms with Crippen molar-refractivity contribution in [1.29, 1.82) is 0 Å². The zero-order chi connectivity index (χ0) is 33.9. The van der Waals surface area contributed by atoms with Crippen LogP contribution in [0, 0.1) is 17.3 Å². The molecule has 2 saturated heterocycles. The van der Waals surface area contributed by atoms with Gasteiger partial charge >= 0.3 is 6.18 Å². The predicted octanol–water partition coefficient (Wildman–Crippen LogP) is 5.32. The second kappa shape index (κ2) is 14.4. The topological polar surface area (TPSA) is 126 Å². The Bertz CT molecular complexity index is 1760. The number of rotatable bonds is 10. The van der Waals surface area contributed by atoms with Crippen LogP contribution in [0.2, 0.25) is 0 Å². The summed E-state index contributed by atoms with van der Waals surface area (Å²) in [6, 6.07) is 10.3. The Morgan fingerprint density at radius 3 is 2.54 bits per heavy atom. The van der Waals surface area contributed by atoms with Gasteiger partial charge in [-0.15, -0.1) is 11.3 Å². The number of ether oxygens (including phenoxy) is 2. The molecule has 0 radical (unpaired) electrons. The quantitative estimate of drug-likeness (QED) is 0.209. The molecule has 5 N–H and O–H groups in total. The van der Waals surface area contributed by atoms with Gasteiger partial charge in [-0.05, 0) is 67.7 Å². The number of fused-ring (bicyclic) bond motifs is 1. The van der Waals surface area contributed by atoms with Gasteiger partial charge in [-0.2, -0.15) is 13.2 Å². The minimum atomic E-state index is -4.41. The molecule has 48 heavy (non-hydrogen) atoms. The van der Waals surface area contributed by atoms with Crippen LogP contribution in [0.15, 0.2) is 41.3 Å². The van der Waals surface area contributed by atoms with E-state index < -0.39 is 22.6 Å². The third-order valence-corrected chi connectivity index (χ3v) is 11.7. The molecular formula is C34H41F3N4O5S2. The van der Waals surface area contributed by atoms with Crippen molar-refractivity contribution in [3.05, 3.63) is 46.8 Å². The number of anilines is 2. The lowest BCUT2D eigenvalue weighted by atomic mass is 9.71. The Kier molecular flexibility index (Phi) is 10.5. The first-order valence-corrected chi connectivity index (χ1v) is 18.6. The van der Waals surface area contributed by atoms with E-state index in [2.05, 4.69) is 27.4 Å². The average Bonchev–Trinajstić information content (AvgIpc) is 3.38. The number of thiophene rings is 1. The Labute approximate surface area is 283 Å².